The highest BCUT2D eigenvalue weighted by molar-refractivity contribution is 7.47. The number of phosphoric acid groups is 1. The first-order valence-corrected chi connectivity index (χ1v) is 24.5. The highest BCUT2D eigenvalue weighted by Gasteiger charge is 2.25. The molecule has 0 bridgehead atoms. The molecule has 0 aromatic carbocycles. The van der Waals surface area contributed by atoms with E-state index in [2.05, 4.69) is 50.3 Å². The third-order valence-corrected chi connectivity index (χ3v) is 10.8. The highest BCUT2D eigenvalue weighted by Crippen LogP contribution is 2.43. The average Bonchev–Trinajstić information content (AvgIpc) is 3.17. The molecule has 55 heavy (non-hydrogen) atoms. The number of nitrogens with two attached hydrogens (primary N) is 1. The number of hydrogen-bond acceptors (Lipinski definition) is 7. The van der Waals surface area contributed by atoms with Gasteiger partial charge in [-0.1, -0.05) is 172 Å². The minimum Gasteiger partial charge on any atom is -0.457 e. The van der Waals surface area contributed by atoms with Crippen molar-refractivity contribution in [2.75, 3.05) is 33.0 Å². The zero-order valence-corrected chi connectivity index (χ0v) is 36.8. The Labute approximate surface area is 339 Å². The number of unbranched alkanes of at least 4 members (excludes halogenated alkanes) is 25. The molecule has 0 spiro atoms. The summed E-state index contributed by atoms with van der Waals surface area (Å²) < 4.78 is 33.4. The Kier molecular flexibility index (Phi) is 42.8. The van der Waals surface area contributed by atoms with Crippen molar-refractivity contribution in [2.45, 2.75) is 219 Å². The molecule has 0 radical (unpaired) electrons. The summed E-state index contributed by atoms with van der Waals surface area (Å²) in [5.41, 5.74) is 5.37. The monoisotopic (exact) mass is 798 g/mol. The lowest BCUT2D eigenvalue weighted by Crippen LogP contribution is -2.28. The zero-order chi connectivity index (χ0) is 40.2. The fourth-order valence-corrected chi connectivity index (χ4v) is 7.14. The van der Waals surface area contributed by atoms with Crippen LogP contribution in [-0.4, -0.2) is 49.9 Å². The Balaban J connectivity index is 3.92. The Morgan fingerprint density at radius 3 is 1.47 bits per heavy atom. The van der Waals surface area contributed by atoms with Crippen molar-refractivity contribution in [2.24, 2.45) is 5.73 Å². The minimum absolute atomic E-state index is 0.0969. The van der Waals surface area contributed by atoms with Crippen LogP contribution in [-0.2, 0) is 27.9 Å². The summed E-state index contributed by atoms with van der Waals surface area (Å²) in [6.07, 6.45) is 50.3. The zero-order valence-electron chi connectivity index (χ0n) is 35.9. The first-order valence-electron chi connectivity index (χ1n) is 23.0. The Morgan fingerprint density at radius 1 is 0.545 bits per heavy atom. The van der Waals surface area contributed by atoms with E-state index in [-0.39, 0.29) is 32.3 Å². The van der Waals surface area contributed by atoms with Crippen molar-refractivity contribution < 1.29 is 32.8 Å². The van der Waals surface area contributed by atoms with Gasteiger partial charge in [0.2, 0.25) is 0 Å². The summed E-state index contributed by atoms with van der Waals surface area (Å²) >= 11 is 0. The maximum Gasteiger partial charge on any atom is 0.472 e. The van der Waals surface area contributed by atoms with Crippen molar-refractivity contribution in [1.82, 2.24) is 0 Å². The lowest BCUT2D eigenvalue weighted by molar-refractivity contribution is -0.154. The molecule has 0 heterocycles. The van der Waals surface area contributed by atoms with Gasteiger partial charge < -0.3 is 20.1 Å². The fraction of sp³-hybridized carbons (Fsp3) is 0.848. The number of allylic oxidation sites excluding steroid dienone is 6. The molecule has 9 heteroatoms. The SMILES string of the molecule is CCCCC/C=C\CCCCCCCC(=O)OC(COCCCCCCCCCCCCCC/C=C\C/C=C\CCCCCCC)COP(=O)(O)OCCN. The van der Waals surface area contributed by atoms with Gasteiger partial charge in [0.15, 0.2) is 0 Å². The van der Waals surface area contributed by atoms with Gasteiger partial charge in [-0.3, -0.25) is 13.8 Å². The maximum absolute atomic E-state index is 12.6. The highest BCUT2D eigenvalue weighted by atomic mass is 31.2. The smallest absolute Gasteiger partial charge is 0.457 e. The standard InChI is InChI=1S/C46H88NO7P/c1-3-5-7-9-11-13-15-17-18-19-20-21-22-23-24-25-26-27-28-30-32-34-36-38-41-51-43-45(44-53-55(49,50)52-42-40-47)54-46(48)39-37-35-33-31-29-16-14-12-10-8-6-4-2/h12,14-15,17,19-20,45H,3-11,13,16,18,21-44,47H2,1-2H3,(H,49,50)/b14-12-,17-15-,20-19-. The van der Waals surface area contributed by atoms with Crippen molar-refractivity contribution in [1.29, 1.82) is 0 Å². The maximum atomic E-state index is 12.6. The molecule has 0 amide bonds. The van der Waals surface area contributed by atoms with Crippen LogP contribution in [0.15, 0.2) is 36.5 Å². The van der Waals surface area contributed by atoms with Crippen LogP contribution in [0.2, 0.25) is 0 Å². The number of ether oxygens (including phenoxy) is 2. The molecule has 0 saturated heterocycles. The number of esters is 1. The quantitative estimate of drug-likeness (QED) is 0.0271. The molecule has 0 aromatic rings. The number of carbonyl (C=O) groups excluding carboxylic acids is 1. The van der Waals surface area contributed by atoms with Crippen LogP contribution in [0.3, 0.4) is 0 Å². The molecule has 8 nitrogen and oxygen atoms in total. The van der Waals surface area contributed by atoms with Crippen molar-refractivity contribution in [3.05, 3.63) is 36.5 Å². The third-order valence-electron chi connectivity index (χ3n) is 9.78. The lowest BCUT2D eigenvalue weighted by atomic mass is 10.0. The van der Waals surface area contributed by atoms with Gasteiger partial charge in [0.25, 0.3) is 0 Å². The first-order chi connectivity index (χ1) is 26.9. The summed E-state index contributed by atoms with van der Waals surface area (Å²) in [7, 11) is -4.28. The Hall–Kier alpha value is -1.28. The van der Waals surface area contributed by atoms with Gasteiger partial charge in [-0.25, -0.2) is 4.57 Å². The third kappa shape index (κ3) is 43.7. The molecule has 0 rings (SSSR count). The number of carbonyl (C=O) groups is 1. The normalized spacial score (nSPS) is 13.7. The van der Waals surface area contributed by atoms with Gasteiger partial charge in [-0.05, 0) is 70.6 Å². The molecule has 0 aromatic heterocycles. The minimum atomic E-state index is -4.28. The van der Waals surface area contributed by atoms with Crippen molar-refractivity contribution in [3.8, 4) is 0 Å². The van der Waals surface area contributed by atoms with Gasteiger partial charge in [-0.15, -0.1) is 0 Å². The second kappa shape index (κ2) is 43.8. The Morgan fingerprint density at radius 2 is 0.964 bits per heavy atom. The topological polar surface area (TPSA) is 117 Å². The molecule has 2 unspecified atom stereocenters. The predicted molar refractivity (Wildman–Crippen MR) is 233 cm³/mol. The van der Waals surface area contributed by atoms with Gasteiger partial charge in [0.05, 0.1) is 19.8 Å². The summed E-state index contributed by atoms with van der Waals surface area (Å²) in [5, 5.41) is 0. The fourth-order valence-electron chi connectivity index (χ4n) is 6.37. The molecular weight excluding hydrogens is 709 g/mol. The van der Waals surface area contributed by atoms with Crippen LogP contribution in [0, 0.1) is 0 Å². The van der Waals surface area contributed by atoms with E-state index in [1.165, 1.54) is 141 Å². The predicted octanol–water partition coefficient (Wildman–Crippen LogP) is 13.8. The number of phosphoric ester groups is 1. The van der Waals surface area contributed by atoms with E-state index >= 15 is 0 Å². The summed E-state index contributed by atoms with van der Waals surface area (Å²) in [4.78, 5) is 22.4. The van der Waals surface area contributed by atoms with E-state index in [9.17, 15) is 14.3 Å². The van der Waals surface area contributed by atoms with Gasteiger partial charge in [-0.2, -0.15) is 0 Å². The van der Waals surface area contributed by atoms with Crippen LogP contribution in [0.5, 0.6) is 0 Å². The average molecular weight is 798 g/mol. The van der Waals surface area contributed by atoms with Crippen LogP contribution in [0.4, 0.5) is 0 Å². The largest absolute Gasteiger partial charge is 0.472 e. The van der Waals surface area contributed by atoms with Gasteiger partial charge in [0.1, 0.15) is 6.10 Å². The molecule has 0 aliphatic rings. The lowest BCUT2D eigenvalue weighted by Gasteiger charge is -2.20. The summed E-state index contributed by atoms with van der Waals surface area (Å²) in [6.45, 7) is 4.89. The Bertz CT molecular complexity index is 941. The molecule has 0 aliphatic carbocycles. The van der Waals surface area contributed by atoms with E-state index in [4.69, 9.17) is 24.3 Å². The van der Waals surface area contributed by atoms with E-state index in [1.54, 1.807) is 0 Å². The van der Waals surface area contributed by atoms with Crippen molar-refractivity contribution in [3.63, 3.8) is 0 Å². The summed E-state index contributed by atoms with van der Waals surface area (Å²) in [5.74, 6) is -0.340. The molecule has 324 valence electrons. The second-order valence-corrected chi connectivity index (χ2v) is 16.7. The first kappa shape index (κ1) is 53.7. The molecule has 0 aliphatic heterocycles. The van der Waals surface area contributed by atoms with Crippen LogP contribution in [0.1, 0.15) is 213 Å². The molecule has 0 saturated carbocycles. The van der Waals surface area contributed by atoms with Crippen LogP contribution in [0.25, 0.3) is 0 Å². The molecule has 0 fully saturated rings. The van der Waals surface area contributed by atoms with E-state index in [1.807, 2.05) is 0 Å². The van der Waals surface area contributed by atoms with Crippen LogP contribution >= 0.6 is 7.82 Å². The van der Waals surface area contributed by atoms with Gasteiger partial charge in [0, 0.05) is 19.6 Å². The second-order valence-electron chi connectivity index (χ2n) is 15.3. The molecular formula is C46H88NO7P. The van der Waals surface area contributed by atoms with Crippen molar-refractivity contribution >= 4 is 13.8 Å². The molecule has 2 atom stereocenters. The van der Waals surface area contributed by atoms with Crippen LogP contribution < -0.4 is 5.73 Å². The number of rotatable bonds is 44. The number of hydrogen-bond donors (Lipinski definition) is 2. The van der Waals surface area contributed by atoms with Gasteiger partial charge >= 0.3 is 13.8 Å². The van der Waals surface area contributed by atoms with E-state index in [0.717, 1.165) is 51.4 Å². The van der Waals surface area contributed by atoms with E-state index in [0.29, 0.717) is 13.0 Å². The summed E-state index contributed by atoms with van der Waals surface area (Å²) in [6, 6.07) is 0. The van der Waals surface area contributed by atoms with E-state index < -0.39 is 13.9 Å². The molecule has 3 N–H and O–H groups in total.